The van der Waals surface area contributed by atoms with Crippen molar-refractivity contribution in [1.29, 1.82) is 0 Å². The minimum absolute atomic E-state index is 0.0902. The lowest BCUT2D eigenvalue weighted by Gasteiger charge is -2.18. The van der Waals surface area contributed by atoms with Crippen LogP contribution in [0.3, 0.4) is 0 Å². The van der Waals surface area contributed by atoms with Crippen molar-refractivity contribution in [3.05, 3.63) is 48.6 Å². The molecule has 0 radical (unpaired) electrons. The molecule has 1 unspecified atom stereocenters. The minimum Gasteiger partial charge on any atom is -0.462 e. The number of hydrogen-bond donors (Lipinski definition) is 0. The Balaban J connectivity index is 4.21. The maximum absolute atomic E-state index is 12.9. The van der Waals surface area contributed by atoms with Gasteiger partial charge in [-0.2, -0.15) is 0 Å². The number of carbonyl (C=O) groups excluding carboxylic acids is 3. The normalized spacial score (nSPS) is 12.3. The van der Waals surface area contributed by atoms with Crippen molar-refractivity contribution in [2.45, 2.75) is 348 Å². The fourth-order valence-electron chi connectivity index (χ4n) is 9.58. The number of ether oxygens (including phenoxy) is 3. The highest BCUT2D eigenvalue weighted by Crippen LogP contribution is 2.18. The summed E-state index contributed by atoms with van der Waals surface area (Å²) in [6.07, 6.45) is 77.3. The van der Waals surface area contributed by atoms with Gasteiger partial charge in [0.25, 0.3) is 0 Å². The van der Waals surface area contributed by atoms with E-state index in [0.717, 1.165) is 64.2 Å². The number of unbranched alkanes of at least 4 members (excludes halogenated alkanes) is 40. The van der Waals surface area contributed by atoms with E-state index in [1.54, 1.807) is 0 Å². The van der Waals surface area contributed by atoms with Gasteiger partial charge in [-0.25, -0.2) is 0 Å². The predicted molar refractivity (Wildman–Crippen MR) is 316 cm³/mol. The van der Waals surface area contributed by atoms with E-state index in [1.165, 1.54) is 231 Å². The number of carbonyl (C=O) groups is 3. The highest BCUT2D eigenvalue weighted by atomic mass is 16.6. The van der Waals surface area contributed by atoms with Gasteiger partial charge in [-0.15, -0.1) is 0 Å². The van der Waals surface area contributed by atoms with E-state index >= 15 is 0 Å². The molecule has 1 atom stereocenters. The van der Waals surface area contributed by atoms with Crippen molar-refractivity contribution in [2.75, 3.05) is 13.2 Å². The molecule has 0 aromatic carbocycles. The van der Waals surface area contributed by atoms with Crippen LogP contribution in [-0.4, -0.2) is 37.2 Å². The second-order valence-corrected chi connectivity index (χ2v) is 21.7. The van der Waals surface area contributed by atoms with E-state index in [9.17, 15) is 14.4 Å². The monoisotopic (exact) mass is 1020 g/mol. The van der Waals surface area contributed by atoms with Gasteiger partial charge < -0.3 is 14.2 Å². The van der Waals surface area contributed by atoms with Gasteiger partial charge in [0.05, 0.1) is 0 Å². The van der Waals surface area contributed by atoms with Crippen molar-refractivity contribution in [2.24, 2.45) is 0 Å². The summed E-state index contributed by atoms with van der Waals surface area (Å²) in [5.41, 5.74) is 0. The molecule has 0 saturated carbocycles. The van der Waals surface area contributed by atoms with E-state index in [-0.39, 0.29) is 37.5 Å². The molecule has 73 heavy (non-hydrogen) atoms. The van der Waals surface area contributed by atoms with Crippen LogP contribution in [0.4, 0.5) is 0 Å². The molecular weight excluding hydrogens is 901 g/mol. The second-order valence-electron chi connectivity index (χ2n) is 21.7. The van der Waals surface area contributed by atoms with Crippen molar-refractivity contribution in [3.63, 3.8) is 0 Å². The number of allylic oxidation sites excluding steroid dienone is 8. The van der Waals surface area contributed by atoms with E-state index in [4.69, 9.17) is 14.2 Å². The lowest BCUT2D eigenvalue weighted by molar-refractivity contribution is -0.166. The summed E-state index contributed by atoms with van der Waals surface area (Å²) in [5, 5.41) is 0. The Morgan fingerprint density at radius 3 is 0.836 bits per heavy atom. The van der Waals surface area contributed by atoms with Crippen LogP contribution in [0.25, 0.3) is 0 Å². The third-order valence-corrected chi connectivity index (χ3v) is 14.4. The van der Waals surface area contributed by atoms with Crippen LogP contribution < -0.4 is 0 Å². The lowest BCUT2D eigenvalue weighted by atomic mass is 10.0. The van der Waals surface area contributed by atoms with E-state index in [0.29, 0.717) is 19.3 Å². The first-order valence-electron chi connectivity index (χ1n) is 32.1. The fraction of sp³-hybridized carbons (Fsp3) is 0.836. The van der Waals surface area contributed by atoms with Crippen LogP contribution in [0, 0.1) is 0 Å². The molecule has 0 amide bonds. The van der Waals surface area contributed by atoms with Gasteiger partial charge in [0.1, 0.15) is 13.2 Å². The average Bonchev–Trinajstić information content (AvgIpc) is 3.39. The summed E-state index contributed by atoms with van der Waals surface area (Å²) >= 11 is 0. The summed E-state index contributed by atoms with van der Waals surface area (Å²) in [7, 11) is 0. The topological polar surface area (TPSA) is 78.9 Å². The summed E-state index contributed by atoms with van der Waals surface area (Å²) in [4.78, 5) is 38.2. The molecule has 0 spiro atoms. The molecule has 0 aliphatic heterocycles. The Bertz CT molecular complexity index is 1270. The molecular formula is C67H122O6. The van der Waals surface area contributed by atoms with Crippen molar-refractivity contribution in [1.82, 2.24) is 0 Å². The standard InChI is InChI=1S/C67H122O6/c1-4-7-10-13-16-19-22-25-27-28-29-30-31-32-33-34-35-36-37-38-40-42-45-48-51-54-57-60-66(69)72-63-64(62-71-65(68)59-56-53-50-47-44-41-24-21-18-15-12-9-6-3)73-67(70)61-58-55-52-49-46-43-39-26-23-20-17-14-11-8-5-2/h9,12,18,21,41,44,50,53,64H,4-8,10-11,13-17,19-20,22-40,42-43,45-49,51-52,54-63H2,1-3H3/b12-9-,21-18-,44-41-,53-50-. The van der Waals surface area contributed by atoms with Crippen molar-refractivity contribution < 1.29 is 28.6 Å². The van der Waals surface area contributed by atoms with Crippen LogP contribution in [0.15, 0.2) is 48.6 Å². The van der Waals surface area contributed by atoms with Gasteiger partial charge in [-0.05, 0) is 44.9 Å². The SMILES string of the molecule is CC/C=C\C/C=C\C/C=C\C/C=C\CCC(=O)OCC(COC(=O)CCCCCCCCCCCCCCCCCCCCCCCCCCCCC)OC(=O)CCCCCCCCCCCCCCCCC. The Morgan fingerprint density at radius 1 is 0.288 bits per heavy atom. The summed E-state index contributed by atoms with van der Waals surface area (Å²) in [6, 6.07) is 0. The van der Waals surface area contributed by atoms with Crippen LogP contribution in [0.5, 0.6) is 0 Å². The Kier molecular flexibility index (Phi) is 59.7. The number of esters is 3. The van der Waals surface area contributed by atoms with Crippen molar-refractivity contribution >= 4 is 17.9 Å². The highest BCUT2D eigenvalue weighted by molar-refractivity contribution is 5.71. The average molecular weight is 1020 g/mol. The Labute approximate surface area is 454 Å². The van der Waals surface area contributed by atoms with Crippen LogP contribution in [0.2, 0.25) is 0 Å². The number of hydrogen-bond acceptors (Lipinski definition) is 6. The molecule has 426 valence electrons. The van der Waals surface area contributed by atoms with Crippen LogP contribution in [0.1, 0.15) is 342 Å². The molecule has 0 saturated heterocycles. The molecule has 0 aromatic heterocycles. The summed E-state index contributed by atoms with van der Waals surface area (Å²) in [6.45, 7) is 6.52. The maximum Gasteiger partial charge on any atom is 0.306 e. The molecule has 0 aliphatic rings. The first-order chi connectivity index (χ1) is 36.0. The van der Waals surface area contributed by atoms with Crippen LogP contribution in [-0.2, 0) is 28.6 Å². The zero-order valence-corrected chi connectivity index (χ0v) is 48.9. The molecule has 6 nitrogen and oxygen atoms in total. The van der Waals surface area contributed by atoms with Gasteiger partial charge in [-0.3, -0.25) is 14.4 Å². The third kappa shape index (κ3) is 60.1. The lowest BCUT2D eigenvalue weighted by Crippen LogP contribution is -2.30. The van der Waals surface area contributed by atoms with Gasteiger partial charge in [0, 0.05) is 19.3 Å². The highest BCUT2D eigenvalue weighted by Gasteiger charge is 2.19. The fourth-order valence-corrected chi connectivity index (χ4v) is 9.58. The van der Waals surface area contributed by atoms with Gasteiger partial charge in [-0.1, -0.05) is 326 Å². The summed E-state index contributed by atoms with van der Waals surface area (Å²) in [5.74, 6) is -0.955. The Hall–Kier alpha value is -2.63. The zero-order chi connectivity index (χ0) is 52.9. The molecule has 0 N–H and O–H groups in total. The van der Waals surface area contributed by atoms with Crippen molar-refractivity contribution in [3.8, 4) is 0 Å². The molecule has 0 rings (SSSR count). The smallest absolute Gasteiger partial charge is 0.306 e. The van der Waals surface area contributed by atoms with Gasteiger partial charge in [0.15, 0.2) is 6.10 Å². The molecule has 0 bridgehead atoms. The zero-order valence-electron chi connectivity index (χ0n) is 48.9. The minimum atomic E-state index is -0.798. The summed E-state index contributed by atoms with van der Waals surface area (Å²) < 4.78 is 16.8. The molecule has 0 aliphatic carbocycles. The van der Waals surface area contributed by atoms with Gasteiger partial charge in [0.2, 0.25) is 0 Å². The van der Waals surface area contributed by atoms with Gasteiger partial charge >= 0.3 is 17.9 Å². The first kappa shape index (κ1) is 70.4. The molecule has 0 heterocycles. The maximum atomic E-state index is 12.9. The molecule has 0 aromatic rings. The number of rotatable bonds is 59. The van der Waals surface area contributed by atoms with Crippen LogP contribution >= 0.6 is 0 Å². The molecule has 6 heteroatoms. The second kappa shape index (κ2) is 61.9. The predicted octanol–water partition coefficient (Wildman–Crippen LogP) is 21.8. The largest absolute Gasteiger partial charge is 0.462 e. The van der Waals surface area contributed by atoms with E-state index < -0.39 is 6.10 Å². The molecule has 0 fully saturated rings. The quantitative estimate of drug-likeness (QED) is 0.0261. The third-order valence-electron chi connectivity index (χ3n) is 14.4. The van der Waals surface area contributed by atoms with E-state index in [2.05, 4.69) is 63.3 Å². The first-order valence-corrected chi connectivity index (χ1v) is 32.1. The Morgan fingerprint density at radius 2 is 0.534 bits per heavy atom. The van der Waals surface area contributed by atoms with E-state index in [1.807, 2.05) is 6.08 Å².